The van der Waals surface area contributed by atoms with Crippen LogP contribution < -0.4 is 5.32 Å². The molecule has 0 spiro atoms. The van der Waals surface area contributed by atoms with Crippen molar-refractivity contribution in [2.75, 3.05) is 26.7 Å². The summed E-state index contributed by atoms with van der Waals surface area (Å²) in [6.45, 7) is 2.18. The number of rotatable bonds is 4. The van der Waals surface area contributed by atoms with Crippen molar-refractivity contribution in [2.45, 2.75) is 18.8 Å². The largest absolute Gasteiger partial charge is 0.472 e. The molecule has 7 heteroatoms. The first-order chi connectivity index (χ1) is 10.3. The topological polar surface area (TPSA) is 84.4 Å². The van der Waals surface area contributed by atoms with Gasteiger partial charge in [-0.3, -0.25) is 9.69 Å². The van der Waals surface area contributed by atoms with Crippen LogP contribution in [0.3, 0.4) is 0 Å². The number of carbonyl (C=O) groups excluding carboxylic acids is 1. The summed E-state index contributed by atoms with van der Waals surface area (Å²) in [6.07, 6.45) is 5.01. The highest BCUT2D eigenvalue weighted by Crippen LogP contribution is 2.29. The molecule has 1 amide bonds. The van der Waals surface area contributed by atoms with Crippen molar-refractivity contribution in [3.63, 3.8) is 0 Å². The van der Waals surface area contributed by atoms with Gasteiger partial charge in [-0.2, -0.15) is 0 Å². The van der Waals surface area contributed by atoms with Gasteiger partial charge in [-0.25, -0.2) is 0 Å². The fourth-order valence-electron chi connectivity index (χ4n) is 2.52. The Bertz CT molecular complexity index is 585. The number of amides is 1. The highest BCUT2D eigenvalue weighted by molar-refractivity contribution is 5.77. The Morgan fingerprint density at radius 1 is 1.43 bits per heavy atom. The number of aromatic nitrogens is 2. The van der Waals surface area contributed by atoms with Crippen LogP contribution in [0.4, 0.5) is 0 Å². The molecular weight excluding hydrogens is 272 g/mol. The maximum absolute atomic E-state index is 11.4. The predicted molar refractivity (Wildman–Crippen MR) is 74.5 cm³/mol. The van der Waals surface area contributed by atoms with E-state index in [9.17, 15) is 4.79 Å². The number of nitrogens with zero attached hydrogens (tertiary/aromatic N) is 3. The minimum Gasteiger partial charge on any atom is -0.472 e. The predicted octanol–water partition coefficient (Wildman–Crippen LogP) is 1.25. The molecule has 1 N–H and O–H groups in total. The van der Waals surface area contributed by atoms with Crippen molar-refractivity contribution in [2.24, 2.45) is 0 Å². The number of likely N-dealkylation sites (N-methyl/N-ethyl adjacent to an activating group) is 1. The van der Waals surface area contributed by atoms with Crippen LogP contribution >= 0.6 is 0 Å². The number of carbonyl (C=O) groups is 1. The monoisotopic (exact) mass is 290 g/mol. The molecule has 0 saturated carbocycles. The molecule has 2 aromatic rings. The molecule has 1 saturated heterocycles. The van der Waals surface area contributed by atoms with Gasteiger partial charge in [0.05, 0.1) is 18.4 Å². The summed E-state index contributed by atoms with van der Waals surface area (Å²) in [7, 11) is 1.66. The standard InChI is InChI=1S/C14H18N4O3/c1-15-12(19)8-18-5-2-10(3-6-18)13-16-17-14(21-13)11-4-7-20-9-11/h4,7,9-10H,2-3,5-6,8H2,1H3,(H,15,19). The van der Waals surface area contributed by atoms with Crippen molar-refractivity contribution in [3.05, 3.63) is 24.5 Å². The third-order valence-electron chi connectivity index (χ3n) is 3.79. The van der Waals surface area contributed by atoms with Gasteiger partial charge in [-0.1, -0.05) is 0 Å². The summed E-state index contributed by atoms with van der Waals surface area (Å²) in [5.41, 5.74) is 0.797. The zero-order valence-electron chi connectivity index (χ0n) is 11.9. The molecule has 1 aliphatic rings. The van der Waals surface area contributed by atoms with E-state index in [0.717, 1.165) is 31.5 Å². The average Bonchev–Trinajstić information content (AvgIpc) is 3.19. The van der Waals surface area contributed by atoms with Gasteiger partial charge >= 0.3 is 0 Å². The number of hydrogen-bond donors (Lipinski definition) is 1. The maximum atomic E-state index is 11.4. The highest BCUT2D eigenvalue weighted by atomic mass is 16.4. The van der Waals surface area contributed by atoms with Crippen molar-refractivity contribution in [1.29, 1.82) is 0 Å². The van der Waals surface area contributed by atoms with Gasteiger partial charge in [0.25, 0.3) is 5.89 Å². The summed E-state index contributed by atoms with van der Waals surface area (Å²) < 4.78 is 10.7. The van der Waals surface area contributed by atoms with Crippen LogP contribution in [-0.4, -0.2) is 47.7 Å². The van der Waals surface area contributed by atoms with E-state index in [0.29, 0.717) is 18.3 Å². The number of hydrogen-bond acceptors (Lipinski definition) is 6. The molecule has 1 aliphatic heterocycles. The van der Waals surface area contributed by atoms with Crippen molar-refractivity contribution in [3.8, 4) is 11.5 Å². The van der Waals surface area contributed by atoms with Crippen LogP contribution in [0.5, 0.6) is 0 Å². The smallest absolute Gasteiger partial charge is 0.250 e. The van der Waals surface area contributed by atoms with Gasteiger partial charge in [0.1, 0.15) is 6.26 Å². The van der Waals surface area contributed by atoms with Gasteiger partial charge in [0, 0.05) is 13.0 Å². The molecule has 0 radical (unpaired) electrons. The van der Waals surface area contributed by atoms with Gasteiger partial charge in [0.15, 0.2) is 0 Å². The number of piperidine rings is 1. The van der Waals surface area contributed by atoms with Gasteiger partial charge < -0.3 is 14.2 Å². The summed E-state index contributed by atoms with van der Waals surface area (Å²) in [5.74, 6) is 1.48. The molecule has 0 atom stereocenters. The van der Waals surface area contributed by atoms with E-state index < -0.39 is 0 Å². The molecule has 3 rings (SSSR count). The SMILES string of the molecule is CNC(=O)CN1CCC(c2nnc(-c3ccoc3)o2)CC1. The lowest BCUT2D eigenvalue weighted by atomic mass is 9.97. The van der Waals surface area contributed by atoms with E-state index in [1.54, 1.807) is 25.6 Å². The number of nitrogens with one attached hydrogen (secondary N) is 1. The molecule has 3 heterocycles. The van der Waals surface area contributed by atoms with Crippen molar-refractivity contribution >= 4 is 5.91 Å². The van der Waals surface area contributed by atoms with Crippen LogP contribution in [0.15, 0.2) is 27.4 Å². The van der Waals surface area contributed by atoms with Crippen LogP contribution in [0.25, 0.3) is 11.5 Å². The Hall–Kier alpha value is -2.15. The fraction of sp³-hybridized carbons (Fsp3) is 0.500. The van der Waals surface area contributed by atoms with E-state index in [1.807, 2.05) is 0 Å². The molecule has 1 fully saturated rings. The summed E-state index contributed by atoms with van der Waals surface area (Å²) in [4.78, 5) is 13.5. The van der Waals surface area contributed by atoms with E-state index in [4.69, 9.17) is 8.83 Å². The quantitative estimate of drug-likeness (QED) is 0.912. The van der Waals surface area contributed by atoms with Crippen LogP contribution in [-0.2, 0) is 4.79 Å². The number of furan rings is 1. The molecule has 0 aromatic carbocycles. The first kappa shape index (κ1) is 13.8. The average molecular weight is 290 g/mol. The third kappa shape index (κ3) is 3.13. The Kier molecular flexibility index (Phi) is 4.01. The zero-order chi connectivity index (χ0) is 14.7. The van der Waals surface area contributed by atoms with E-state index >= 15 is 0 Å². The Morgan fingerprint density at radius 2 is 2.24 bits per heavy atom. The summed E-state index contributed by atoms with van der Waals surface area (Å²) in [5, 5.41) is 10.8. The summed E-state index contributed by atoms with van der Waals surface area (Å²) >= 11 is 0. The van der Waals surface area contributed by atoms with Crippen LogP contribution in [0.2, 0.25) is 0 Å². The fourth-order valence-corrected chi connectivity index (χ4v) is 2.52. The molecule has 2 aromatic heterocycles. The zero-order valence-corrected chi connectivity index (χ0v) is 11.9. The van der Waals surface area contributed by atoms with Crippen molar-refractivity contribution in [1.82, 2.24) is 20.4 Å². The first-order valence-corrected chi connectivity index (χ1v) is 7.05. The second-order valence-corrected chi connectivity index (χ2v) is 5.18. The van der Waals surface area contributed by atoms with E-state index in [2.05, 4.69) is 20.4 Å². The van der Waals surface area contributed by atoms with Crippen LogP contribution in [0, 0.1) is 0 Å². The minimum absolute atomic E-state index is 0.0495. The van der Waals surface area contributed by atoms with Gasteiger partial charge in [0.2, 0.25) is 11.8 Å². The second-order valence-electron chi connectivity index (χ2n) is 5.18. The maximum Gasteiger partial charge on any atom is 0.250 e. The third-order valence-corrected chi connectivity index (χ3v) is 3.79. The minimum atomic E-state index is 0.0495. The Balaban J connectivity index is 1.58. The van der Waals surface area contributed by atoms with Crippen LogP contribution in [0.1, 0.15) is 24.7 Å². The molecule has 0 bridgehead atoms. The number of likely N-dealkylation sites (tertiary alicyclic amines) is 1. The molecule has 0 unspecified atom stereocenters. The molecule has 21 heavy (non-hydrogen) atoms. The molecule has 0 aliphatic carbocycles. The Labute approximate surface area is 122 Å². The first-order valence-electron chi connectivity index (χ1n) is 7.05. The lowest BCUT2D eigenvalue weighted by Gasteiger charge is -2.29. The summed E-state index contributed by atoms with van der Waals surface area (Å²) in [6, 6.07) is 1.79. The normalized spacial score (nSPS) is 17.0. The molecule has 112 valence electrons. The van der Waals surface area contributed by atoms with Gasteiger partial charge in [-0.15, -0.1) is 10.2 Å². The lowest BCUT2D eigenvalue weighted by Crippen LogP contribution is -2.40. The van der Waals surface area contributed by atoms with E-state index in [-0.39, 0.29) is 11.8 Å². The lowest BCUT2D eigenvalue weighted by molar-refractivity contribution is -0.122. The Morgan fingerprint density at radius 3 is 2.90 bits per heavy atom. The van der Waals surface area contributed by atoms with Crippen molar-refractivity contribution < 1.29 is 13.6 Å². The molecule has 7 nitrogen and oxygen atoms in total. The second kappa shape index (κ2) is 6.09. The van der Waals surface area contributed by atoms with E-state index in [1.165, 1.54) is 0 Å². The highest BCUT2D eigenvalue weighted by Gasteiger charge is 2.26. The molecular formula is C14H18N4O3. The van der Waals surface area contributed by atoms with Gasteiger partial charge in [-0.05, 0) is 32.0 Å².